The number of rotatable bonds is 7. The molecule has 2 aromatic carbocycles. The van der Waals surface area contributed by atoms with Crippen molar-refractivity contribution in [3.8, 4) is 0 Å². The highest BCUT2D eigenvalue weighted by Gasteiger charge is 2.19. The number of ether oxygens (including phenoxy) is 1. The third kappa shape index (κ3) is 4.97. The number of benzene rings is 2. The molecule has 0 unspecified atom stereocenters. The van der Waals surface area contributed by atoms with Gasteiger partial charge in [-0.15, -0.1) is 0 Å². The number of nitrogens with one attached hydrogen (secondary N) is 1. The summed E-state index contributed by atoms with van der Waals surface area (Å²) in [7, 11) is 1.29. The van der Waals surface area contributed by atoms with Crippen molar-refractivity contribution in [3.63, 3.8) is 0 Å². The summed E-state index contributed by atoms with van der Waals surface area (Å²) in [5, 5.41) is 2.96. The standard InChI is InChI=1S/C22H26N2O4/c1-5-16-9-7-10-17(6-2)21(16)23-20(26)14-24(15(3)25)19-12-8-11-18(13-19)22(27)28-4/h7-13H,5-6,14H2,1-4H3,(H,23,26). The molecular formula is C22H26N2O4. The van der Waals surface area contributed by atoms with Crippen LogP contribution in [0.15, 0.2) is 42.5 Å². The van der Waals surface area contributed by atoms with E-state index in [2.05, 4.69) is 5.32 Å². The van der Waals surface area contributed by atoms with Gasteiger partial charge in [0.2, 0.25) is 11.8 Å². The monoisotopic (exact) mass is 382 g/mol. The summed E-state index contributed by atoms with van der Waals surface area (Å²) in [5.74, 6) is -1.09. The van der Waals surface area contributed by atoms with Crippen LogP contribution in [0.5, 0.6) is 0 Å². The van der Waals surface area contributed by atoms with E-state index in [1.54, 1.807) is 18.2 Å². The normalized spacial score (nSPS) is 10.3. The first-order chi connectivity index (χ1) is 13.4. The molecule has 0 spiro atoms. The number of hydrogen-bond acceptors (Lipinski definition) is 4. The van der Waals surface area contributed by atoms with Crippen LogP contribution in [0.2, 0.25) is 0 Å². The zero-order valence-electron chi connectivity index (χ0n) is 16.7. The molecular weight excluding hydrogens is 356 g/mol. The SMILES string of the molecule is CCc1cccc(CC)c1NC(=O)CN(C(C)=O)c1cccc(C(=O)OC)c1. The quantitative estimate of drug-likeness (QED) is 0.743. The summed E-state index contributed by atoms with van der Waals surface area (Å²) in [4.78, 5) is 38.0. The Hall–Kier alpha value is -3.15. The lowest BCUT2D eigenvalue weighted by Crippen LogP contribution is -2.37. The lowest BCUT2D eigenvalue weighted by atomic mass is 10.0. The minimum atomic E-state index is -0.501. The number of amides is 2. The lowest BCUT2D eigenvalue weighted by molar-refractivity contribution is -0.120. The summed E-state index contributed by atoms with van der Waals surface area (Å²) in [6.07, 6.45) is 1.59. The van der Waals surface area contributed by atoms with Gasteiger partial charge >= 0.3 is 5.97 Å². The van der Waals surface area contributed by atoms with Crippen LogP contribution in [0, 0.1) is 0 Å². The van der Waals surface area contributed by atoms with E-state index in [0.717, 1.165) is 29.7 Å². The minimum absolute atomic E-state index is 0.152. The van der Waals surface area contributed by atoms with E-state index in [1.165, 1.54) is 25.0 Å². The second-order valence-electron chi connectivity index (χ2n) is 6.35. The van der Waals surface area contributed by atoms with E-state index >= 15 is 0 Å². The average molecular weight is 382 g/mol. The fraction of sp³-hybridized carbons (Fsp3) is 0.318. The van der Waals surface area contributed by atoms with Crippen LogP contribution in [0.4, 0.5) is 11.4 Å². The average Bonchev–Trinajstić information content (AvgIpc) is 2.71. The largest absolute Gasteiger partial charge is 0.465 e. The Morgan fingerprint density at radius 3 is 2.14 bits per heavy atom. The molecule has 1 N–H and O–H groups in total. The summed E-state index contributed by atoms with van der Waals surface area (Å²) >= 11 is 0. The molecule has 2 amide bonds. The number of aryl methyl sites for hydroxylation is 2. The van der Waals surface area contributed by atoms with Gasteiger partial charge in [0.25, 0.3) is 0 Å². The van der Waals surface area contributed by atoms with Crippen molar-refractivity contribution in [1.82, 2.24) is 0 Å². The molecule has 0 heterocycles. The van der Waals surface area contributed by atoms with Gasteiger partial charge in [0, 0.05) is 18.3 Å². The molecule has 148 valence electrons. The third-order valence-electron chi connectivity index (χ3n) is 4.52. The number of para-hydroxylation sites is 1. The molecule has 0 saturated carbocycles. The molecule has 6 nitrogen and oxygen atoms in total. The number of carbonyl (C=O) groups excluding carboxylic acids is 3. The van der Waals surface area contributed by atoms with Crippen LogP contribution >= 0.6 is 0 Å². The van der Waals surface area contributed by atoms with Crippen molar-refractivity contribution in [2.24, 2.45) is 0 Å². The van der Waals surface area contributed by atoms with Gasteiger partial charge in [-0.2, -0.15) is 0 Å². The highest BCUT2D eigenvalue weighted by molar-refractivity contribution is 6.03. The maximum Gasteiger partial charge on any atom is 0.337 e. The van der Waals surface area contributed by atoms with Crippen molar-refractivity contribution in [3.05, 3.63) is 59.2 Å². The summed E-state index contributed by atoms with van der Waals surface area (Å²) in [5.41, 5.74) is 3.69. The van der Waals surface area contributed by atoms with E-state index in [1.807, 2.05) is 32.0 Å². The van der Waals surface area contributed by atoms with E-state index < -0.39 is 5.97 Å². The first-order valence-corrected chi connectivity index (χ1v) is 9.28. The van der Waals surface area contributed by atoms with Crippen LogP contribution in [0.1, 0.15) is 42.3 Å². The van der Waals surface area contributed by atoms with Crippen molar-refractivity contribution in [2.45, 2.75) is 33.6 Å². The molecule has 0 bridgehead atoms. The fourth-order valence-corrected chi connectivity index (χ4v) is 3.03. The molecule has 6 heteroatoms. The number of nitrogens with zero attached hydrogens (tertiary/aromatic N) is 1. The summed E-state index contributed by atoms with van der Waals surface area (Å²) in [6, 6.07) is 12.4. The number of methoxy groups -OCH3 is 1. The Balaban J connectivity index is 2.26. The zero-order chi connectivity index (χ0) is 20.7. The first-order valence-electron chi connectivity index (χ1n) is 9.28. The minimum Gasteiger partial charge on any atom is -0.465 e. The Morgan fingerprint density at radius 1 is 1.00 bits per heavy atom. The molecule has 2 rings (SSSR count). The number of esters is 1. The molecule has 0 aliphatic heterocycles. The maximum absolute atomic E-state index is 12.7. The molecule has 0 fully saturated rings. The van der Waals surface area contributed by atoms with Gasteiger partial charge in [-0.3, -0.25) is 9.59 Å². The van der Waals surface area contributed by atoms with Crippen LogP contribution in [0.3, 0.4) is 0 Å². The Kier molecular flexibility index (Phi) is 7.32. The van der Waals surface area contributed by atoms with E-state index in [9.17, 15) is 14.4 Å². The fourth-order valence-electron chi connectivity index (χ4n) is 3.03. The zero-order valence-corrected chi connectivity index (χ0v) is 16.7. The van der Waals surface area contributed by atoms with Crippen molar-refractivity contribution in [2.75, 3.05) is 23.9 Å². The molecule has 2 aromatic rings. The van der Waals surface area contributed by atoms with Crippen LogP contribution in [-0.2, 0) is 27.2 Å². The van der Waals surface area contributed by atoms with Gasteiger partial charge in [-0.1, -0.05) is 38.1 Å². The summed E-state index contributed by atoms with van der Waals surface area (Å²) in [6.45, 7) is 5.30. The third-order valence-corrected chi connectivity index (χ3v) is 4.52. The van der Waals surface area contributed by atoms with Crippen molar-refractivity contribution >= 4 is 29.2 Å². The van der Waals surface area contributed by atoms with Gasteiger partial charge in [0.05, 0.1) is 12.7 Å². The predicted octanol–water partition coefficient (Wildman–Crippen LogP) is 3.59. The molecule has 0 saturated heterocycles. The van der Waals surface area contributed by atoms with Gasteiger partial charge in [-0.25, -0.2) is 4.79 Å². The summed E-state index contributed by atoms with van der Waals surface area (Å²) < 4.78 is 4.72. The lowest BCUT2D eigenvalue weighted by Gasteiger charge is -2.22. The van der Waals surface area contributed by atoms with Gasteiger partial charge in [0.15, 0.2) is 0 Å². The van der Waals surface area contributed by atoms with Crippen LogP contribution in [-0.4, -0.2) is 31.4 Å². The molecule has 0 atom stereocenters. The number of hydrogen-bond donors (Lipinski definition) is 1. The Labute approximate surface area is 165 Å². The van der Waals surface area contributed by atoms with Crippen LogP contribution < -0.4 is 10.2 Å². The van der Waals surface area contributed by atoms with E-state index in [4.69, 9.17) is 4.74 Å². The molecule has 0 aliphatic carbocycles. The van der Waals surface area contributed by atoms with E-state index in [0.29, 0.717) is 11.3 Å². The Bertz CT molecular complexity index is 854. The second kappa shape index (κ2) is 9.69. The second-order valence-corrected chi connectivity index (χ2v) is 6.35. The highest BCUT2D eigenvalue weighted by Crippen LogP contribution is 2.23. The van der Waals surface area contributed by atoms with E-state index in [-0.39, 0.29) is 18.4 Å². The number of anilines is 2. The topological polar surface area (TPSA) is 75.7 Å². The van der Waals surface area contributed by atoms with Gasteiger partial charge in [0.1, 0.15) is 6.54 Å². The molecule has 0 radical (unpaired) electrons. The van der Waals surface area contributed by atoms with Crippen molar-refractivity contribution < 1.29 is 19.1 Å². The molecule has 28 heavy (non-hydrogen) atoms. The smallest absolute Gasteiger partial charge is 0.337 e. The van der Waals surface area contributed by atoms with Crippen molar-refractivity contribution in [1.29, 1.82) is 0 Å². The maximum atomic E-state index is 12.7. The highest BCUT2D eigenvalue weighted by atomic mass is 16.5. The molecule has 0 aromatic heterocycles. The molecule has 0 aliphatic rings. The number of carbonyl (C=O) groups is 3. The predicted molar refractivity (Wildman–Crippen MR) is 110 cm³/mol. The van der Waals surface area contributed by atoms with Gasteiger partial charge in [-0.05, 0) is 42.2 Å². The van der Waals surface area contributed by atoms with Gasteiger partial charge < -0.3 is 15.0 Å². The Morgan fingerprint density at radius 2 is 1.61 bits per heavy atom. The van der Waals surface area contributed by atoms with Crippen LogP contribution in [0.25, 0.3) is 0 Å². The first kappa shape index (κ1) is 21.2.